The second-order valence-corrected chi connectivity index (χ2v) is 12.8. The van der Waals surface area contributed by atoms with E-state index < -0.39 is 0 Å². The third-order valence-electron chi connectivity index (χ3n) is 6.57. The van der Waals surface area contributed by atoms with E-state index in [2.05, 4.69) is 43.1 Å². The normalized spacial score (nSPS) is 19.1. The molecule has 5 rings (SSSR count). The summed E-state index contributed by atoms with van der Waals surface area (Å²) in [4.78, 5) is 33.7. The van der Waals surface area contributed by atoms with Gasteiger partial charge in [0.2, 0.25) is 18.2 Å². The van der Waals surface area contributed by atoms with Crippen LogP contribution in [0.25, 0.3) is 10.8 Å². The van der Waals surface area contributed by atoms with Crippen LogP contribution in [0.3, 0.4) is 0 Å². The zero-order valence-corrected chi connectivity index (χ0v) is 29.5. The fourth-order valence-electron chi connectivity index (χ4n) is 4.22. The molecule has 3 atom stereocenters. The molecule has 45 heavy (non-hydrogen) atoms. The van der Waals surface area contributed by atoms with Crippen molar-refractivity contribution in [3.05, 3.63) is 48.0 Å². The molecular formula is C34H53ClN4O5S. The Bertz CT molecular complexity index is 1210. The molecule has 3 fully saturated rings. The summed E-state index contributed by atoms with van der Waals surface area (Å²) in [7, 11) is 3.42. The molecule has 3 unspecified atom stereocenters. The van der Waals surface area contributed by atoms with Crippen molar-refractivity contribution in [2.24, 2.45) is 23.5 Å². The molecule has 2 saturated carbocycles. The Hall–Kier alpha value is -2.95. The summed E-state index contributed by atoms with van der Waals surface area (Å²) in [5.74, 6) is 3.37. The second kappa shape index (κ2) is 21.7. The average molecular weight is 665 g/mol. The molecule has 2 aromatic carbocycles. The number of halogens is 1. The number of rotatable bonds is 9. The van der Waals surface area contributed by atoms with E-state index in [0.717, 1.165) is 47.6 Å². The quantitative estimate of drug-likeness (QED) is 0.165. The maximum Gasteiger partial charge on any atom is 0.236 e. The Morgan fingerprint density at radius 3 is 2.29 bits per heavy atom. The molecule has 0 radical (unpaired) electrons. The van der Waals surface area contributed by atoms with Gasteiger partial charge in [-0.1, -0.05) is 52.3 Å². The van der Waals surface area contributed by atoms with Gasteiger partial charge >= 0.3 is 0 Å². The molecule has 2 aliphatic carbocycles. The Morgan fingerprint density at radius 2 is 1.76 bits per heavy atom. The van der Waals surface area contributed by atoms with Gasteiger partial charge in [0.05, 0.1) is 20.2 Å². The monoisotopic (exact) mass is 664 g/mol. The lowest BCUT2D eigenvalue weighted by molar-refractivity contribution is -0.129. The van der Waals surface area contributed by atoms with Crippen molar-refractivity contribution in [3.63, 3.8) is 0 Å². The number of hydrogen-bond donors (Lipinski definition) is 3. The molecular weight excluding hydrogens is 612 g/mol. The maximum atomic E-state index is 12.0. The number of primary amides is 1. The number of allylic oxidation sites excluding steroid dienone is 1. The van der Waals surface area contributed by atoms with E-state index in [4.69, 9.17) is 25.9 Å². The number of amides is 3. The second-order valence-electron chi connectivity index (χ2n) is 11.2. The zero-order valence-electron chi connectivity index (χ0n) is 27.9. The van der Waals surface area contributed by atoms with Gasteiger partial charge in [0.1, 0.15) is 17.6 Å². The summed E-state index contributed by atoms with van der Waals surface area (Å²) >= 11 is 7.74. The van der Waals surface area contributed by atoms with Crippen molar-refractivity contribution in [2.45, 2.75) is 71.7 Å². The number of benzene rings is 2. The van der Waals surface area contributed by atoms with Crippen molar-refractivity contribution < 1.29 is 23.9 Å². The number of nitrogens with two attached hydrogens (primary N) is 1. The third kappa shape index (κ3) is 14.8. The van der Waals surface area contributed by atoms with E-state index >= 15 is 0 Å². The van der Waals surface area contributed by atoms with Crippen LogP contribution in [-0.4, -0.2) is 68.3 Å². The van der Waals surface area contributed by atoms with Gasteiger partial charge in [-0.25, -0.2) is 0 Å². The summed E-state index contributed by atoms with van der Waals surface area (Å²) in [5.41, 5.74) is 4.17. The molecule has 0 spiro atoms. The minimum atomic E-state index is -0.0126. The highest BCUT2D eigenvalue weighted by molar-refractivity contribution is 7.98. The molecule has 4 N–H and O–H groups in total. The van der Waals surface area contributed by atoms with Gasteiger partial charge < -0.3 is 25.4 Å². The predicted molar refractivity (Wildman–Crippen MR) is 188 cm³/mol. The Balaban J connectivity index is 0.000000400. The number of carbonyl (C=O) groups excluding carboxylic acids is 3. The van der Waals surface area contributed by atoms with Crippen LogP contribution in [0.2, 0.25) is 5.02 Å². The molecule has 1 saturated heterocycles. The lowest BCUT2D eigenvalue weighted by atomic mass is 10.1. The largest absolute Gasteiger partial charge is 0.496 e. The number of fused-ring (bicyclic) bond motifs is 1. The fourth-order valence-corrected chi connectivity index (χ4v) is 5.20. The maximum absolute atomic E-state index is 12.0. The topological polar surface area (TPSA) is 123 Å². The highest BCUT2D eigenvalue weighted by Gasteiger charge is 2.41. The number of nitrogens with one attached hydrogen (secondary N) is 2. The average Bonchev–Trinajstić information content (AvgIpc) is 3.95. The van der Waals surface area contributed by atoms with Crippen molar-refractivity contribution in [1.82, 2.24) is 14.9 Å². The van der Waals surface area contributed by atoms with Crippen LogP contribution in [0, 0.1) is 17.8 Å². The molecule has 0 bridgehead atoms. The van der Waals surface area contributed by atoms with Gasteiger partial charge in [-0.3, -0.25) is 19.1 Å². The Labute approximate surface area is 279 Å². The van der Waals surface area contributed by atoms with Crippen LogP contribution >= 0.6 is 23.5 Å². The standard InChI is InChI=1S/C18H21ClN2O3.C9H13NOS.C4H10.C2H6.CH3NO/c1-20-10-18(22)21-8-7-13(11-21)24-17-6-5-16(23-2)14-4-3-12(19)9-15(14)17;1-2-6-5-8(6)9(11)10-12-7-3-4-7;1-4(2)3;1-2;2-1-3/h3-6,9,13,20H,7-8,10-11H2,1-2H3;2,6-8H,1,3-5H2,(H,10,11);4H,1-3H3;1-2H3;1H,(H2,2,3). The lowest BCUT2D eigenvalue weighted by Gasteiger charge is -2.18. The smallest absolute Gasteiger partial charge is 0.236 e. The first-order valence-corrected chi connectivity index (χ1v) is 16.9. The first-order valence-electron chi connectivity index (χ1n) is 15.7. The number of likely N-dealkylation sites (N-methyl/N-ethyl adjacent to an activating group) is 1. The molecule has 0 aromatic heterocycles. The number of likely N-dealkylation sites (tertiary alicyclic amines) is 1. The van der Waals surface area contributed by atoms with Crippen LogP contribution in [0.1, 0.15) is 60.3 Å². The van der Waals surface area contributed by atoms with Gasteiger partial charge in [0.15, 0.2) is 0 Å². The van der Waals surface area contributed by atoms with E-state index in [1.54, 1.807) is 26.1 Å². The first-order chi connectivity index (χ1) is 21.6. The summed E-state index contributed by atoms with van der Waals surface area (Å²) in [6.07, 6.45) is 6.47. The predicted octanol–water partition coefficient (Wildman–Crippen LogP) is 6.23. The first kappa shape index (κ1) is 40.1. The van der Waals surface area contributed by atoms with Gasteiger partial charge in [0, 0.05) is 39.9 Å². The van der Waals surface area contributed by atoms with Crippen LogP contribution in [0.4, 0.5) is 0 Å². The van der Waals surface area contributed by atoms with Crippen molar-refractivity contribution >= 4 is 52.5 Å². The number of methoxy groups -OCH3 is 1. The summed E-state index contributed by atoms with van der Waals surface area (Å²) in [5, 5.41) is 6.12. The van der Waals surface area contributed by atoms with Crippen LogP contribution in [0.15, 0.2) is 43.0 Å². The van der Waals surface area contributed by atoms with Crippen LogP contribution in [-0.2, 0) is 14.4 Å². The lowest BCUT2D eigenvalue weighted by Crippen LogP contribution is -2.36. The van der Waals surface area contributed by atoms with Crippen LogP contribution < -0.4 is 25.2 Å². The highest BCUT2D eigenvalue weighted by Crippen LogP contribution is 2.41. The van der Waals surface area contributed by atoms with E-state index in [0.29, 0.717) is 29.3 Å². The van der Waals surface area contributed by atoms with Gasteiger partial charge in [-0.2, -0.15) is 0 Å². The van der Waals surface area contributed by atoms with E-state index in [1.807, 2.05) is 55.2 Å². The Morgan fingerprint density at radius 1 is 1.13 bits per heavy atom. The van der Waals surface area contributed by atoms with Gasteiger partial charge in [0.25, 0.3) is 0 Å². The van der Waals surface area contributed by atoms with Crippen molar-refractivity contribution in [2.75, 3.05) is 33.8 Å². The molecule has 3 amide bonds. The van der Waals surface area contributed by atoms with Crippen molar-refractivity contribution in [3.8, 4) is 11.5 Å². The molecule has 2 aromatic rings. The molecule has 1 aliphatic heterocycles. The number of ether oxygens (including phenoxy) is 2. The van der Waals surface area contributed by atoms with Gasteiger partial charge in [-0.05, 0) is 80.4 Å². The molecule has 1 heterocycles. The van der Waals surface area contributed by atoms with Crippen LogP contribution in [0.5, 0.6) is 11.5 Å². The fraction of sp³-hybridized carbons (Fsp3) is 0.559. The molecule has 3 aliphatic rings. The molecule has 9 nitrogen and oxygen atoms in total. The minimum Gasteiger partial charge on any atom is -0.496 e. The summed E-state index contributed by atoms with van der Waals surface area (Å²) in [6.45, 7) is 15.9. The van der Waals surface area contributed by atoms with Gasteiger partial charge in [-0.15, -0.1) is 6.58 Å². The SMILES string of the molecule is C=CC1CC1C(=O)NSC1CC1.CC.CC(C)C.CNCC(=O)N1CCC(Oc2ccc(OC)c3ccc(Cl)cc23)C1.NC=O. The summed E-state index contributed by atoms with van der Waals surface area (Å²) < 4.78 is 14.5. The number of carbonyl (C=O) groups is 3. The van der Waals surface area contributed by atoms with E-state index in [9.17, 15) is 9.59 Å². The number of nitrogens with zero attached hydrogens (tertiary/aromatic N) is 1. The minimum absolute atomic E-state index is 0.0126. The van der Waals surface area contributed by atoms with E-state index in [1.165, 1.54) is 12.8 Å². The molecule has 252 valence electrons. The summed E-state index contributed by atoms with van der Waals surface area (Å²) in [6, 6.07) is 9.44. The number of hydrogen-bond acceptors (Lipinski definition) is 7. The van der Waals surface area contributed by atoms with E-state index in [-0.39, 0.29) is 30.2 Å². The highest BCUT2D eigenvalue weighted by atomic mass is 35.5. The third-order valence-corrected chi connectivity index (χ3v) is 7.93. The Kier molecular flexibility index (Phi) is 19.3. The molecule has 11 heteroatoms. The van der Waals surface area contributed by atoms with Crippen molar-refractivity contribution in [1.29, 1.82) is 0 Å². The zero-order chi connectivity index (χ0) is 33.9.